The van der Waals surface area contributed by atoms with Gasteiger partial charge in [-0.05, 0) is 49.5 Å². The quantitative estimate of drug-likeness (QED) is 0.539. The molecule has 0 radical (unpaired) electrons. The van der Waals surface area contributed by atoms with Crippen molar-refractivity contribution in [3.05, 3.63) is 24.0 Å². The lowest BCUT2D eigenvalue weighted by Crippen LogP contribution is -2.44. The van der Waals surface area contributed by atoms with Gasteiger partial charge in [0.05, 0.1) is 11.7 Å². The molecule has 0 aromatic heterocycles. The fourth-order valence-electron chi connectivity index (χ4n) is 4.66. The van der Waals surface area contributed by atoms with Crippen LogP contribution in [0.2, 0.25) is 0 Å². The van der Waals surface area contributed by atoms with Crippen molar-refractivity contribution in [3.8, 4) is 0 Å². The summed E-state index contributed by atoms with van der Waals surface area (Å²) >= 11 is 0. The third-order valence-corrected chi connectivity index (χ3v) is 5.83. The molecule has 0 amide bonds. The van der Waals surface area contributed by atoms with Crippen LogP contribution in [0.4, 0.5) is 0 Å². The second-order valence-electron chi connectivity index (χ2n) is 7.17. The molecule has 110 valence electrons. The second-order valence-corrected chi connectivity index (χ2v) is 7.17. The monoisotopic (exact) mass is 276 g/mol. The van der Waals surface area contributed by atoms with Gasteiger partial charge in [-0.15, -0.1) is 0 Å². The van der Waals surface area contributed by atoms with Gasteiger partial charge in [0.2, 0.25) is 0 Å². The van der Waals surface area contributed by atoms with E-state index in [-0.39, 0.29) is 16.8 Å². The van der Waals surface area contributed by atoms with Crippen molar-refractivity contribution in [2.75, 3.05) is 0 Å². The first-order chi connectivity index (χ1) is 9.37. The average molecular weight is 276 g/mol. The minimum Gasteiger partial charge on any atom is -0.462 e. The molecule has 4 atom stereocenters. The standard InChI is InChI=1S/C17H24O3/c1-11-5-6-14-13(9-11)10-17(16(14,3)4)7-8-19-15(17)20-12(2)18/h7-9,13-15H,5-6,10H2,1-4H3/t13-,14-,15?,17?/m1/s1. The predicted octanol–water partition coefficient (Wildman–Crippen LogP) is 3.81. The molecular formula is C17H24O3. The van der Waals surface area contributed by atoms with Crippen LogP contribution >= 0.6 is 0 Å². The molecule has 1 fully saturated rings. The van der Waals surface area contributed by atoms with Crippen molar-refractivity contribution in [1.82, 2.24) is 0 Å². The van der Waals surface area contributed by atoms with Crippen molar-refractivity contribution in [2.24, 2.45) is 22.7 Å². The van der Waals surface area contributed by atoms with Gasteiger partial charge in [0.15, 0.2) is 0 Å². The third kappa shape index (κ3) is 1.75. The van der Waals surface area contributed by atoms with Gasteiger partial charge in [-0.3, -0.25) is 4.79 Å². The molecular weight excluding hydrogens is 252 g/mol. The Balaban J connectivity index is 1.97. The van der Waals surface area contributed by atoms with Crippen molar-refractivity contribution < 1.29 is 14.3 Å². The van der Waals surface area contributed by atoms with E-state index in [0.29, 0.717) is 11.8 Å². The van der Waals surface area contributed by atoms with Crippen molar-refractivity contribution in [1.29, 1.82) is 0 Å². The van der Waals surface area contributed by atoms with Crippen LogP contribution in [-0.2, 0) is 14.3 Å². The van der Waals surface area contributed by atoms with Crippen molar-refractivity contribution in [2.45, 2.75) is 53.2 Å². The smallest absolute Gasteiger partial charge is 0.305 e. The van der Waals surface area contributed by atoms with Gasteiger partial charge in [0.25, 0.3) is 6.29 Å². The lowest BCUT2D eigenvalue weighted by molar-refractivity contribution is -0.190. The van der Waals surface area contributed by atoms with Crippen LogP contribution in [0.1, 0.15) is 47.0 Å². The van der Waals surface area contributed by atoms with Gasteiger partial charge in [-0.2, -0.15) is 0 Å². The molecule has 3 nitrogen and oxygen atoms in total. The van der Waals surface area contributed by atoms with Crippen LogP contribution in [0, 0.1) is 22.7 Å². The van der Waals surface area contributed by atoms with Crippen LogP contribution < -0.4 is 0 Å². The van der Waals surface area contributed by atoms with E-state index in [1.807, 2.05) is 0 Å². The van der Waals surface area contributed by atoms with Crippen LogP contribution in [-0.4, -0.2) is 12.3 Å². The molecule has 1 aliphatic heterocycles. The zero-order chi connectivity index (χ0) is 14.5. The maximum absolute atomic E-state index is 11.4. The van der Waals surface area contributed by atoms with Gasteiger partial charge in [-0.25, -0.2) is 0 Å². The zero-order valence-electron chi connectivity index (χ0n) is 12.8. The minimum absolute atomic E-state index is 0.0714. The number of allylic oxidation sites excluding steroid dienone is 2. The van der Waals surface area contributed by atoms with Crippen molar-refractivity contribution >= 4 is 5.97 Å². The summed E-state index contributed by atoms with van der Waals surface area (Å²) in [5.74, 6) is 0.939. The Morgan fingerprint density at radius 2 is 2.20 bits per heavy atom. The highest BCUT2D eigenvalue weighted by molar-refractivity contribution is 5.66. The van der Waals surface area contributed by atoms with E-state index in [1.54, 1.807) is 6.26 Å². The Morgan fingerprint density at radius 1 is 1.45 bits per heavy atom. The second kappa shape index (κ2) is 4.37. The number of esters is 1. The third-order valence-electron chi connectivity index (χ3n) is 5.83. The summed E-state index contributed by atoms with van der Waals surface area (Å²) in [4.78, 5) is 11.4. The predicted molar refractivity (Wildman–Crippen MR) is 76.6 cm³/mol. The first kappa shape index (κ1) is 13.7. The summed E-state index contributed by atoms with van der Waals surface area (Å²) in [6.07, 6.45) is 9.25. The molecule has 1 saturated carbocycles. The number of ether oxygens (including phenoxy) is 2. The van der Waals surface area contributed by atoms with E-state index in [2.05, 4.69) is 32.9 Å². The van der Waals surface area contributed by atoms with E-state index in [0.717, 1.165) is 6.42 Å². The molecule has 3 aliphatic rings. The Morgan fingerprint density at radius 3 is 2.90 bits per heavy atom. The first-order valence-corrected chi connectivity index (χ1v) is 7.54. The fourth-order valence-corrected chi connectivity index (χ4v) is 4.66. The highest BCUT2D eigenvalue weighted by Crippen LogP contribution is 2.65. The fraction of sp³-hybridized carbons (Fsp3) is 0.706. The Hall–Kier alpha value is -1.25. The molecule has 0 aromatic rings. The highest BCUT2D eigenvalue weighted by atomic mass is 16.7. The molecule has 0 bridgehead atoms. The number of carbonyl (C=O) groups is 1. The summed E-state index contributed by atoms with van der Waals surface area (Å²) in [5, 5.41) is 0. The zero-order valence-corrected chi connectivity index (χ0v) is 12.8. The van der Waals surface area contributed by atoms with Crippen LogP contribution in [0.5, 0.6) is 0 Å². The van der Waals surface area contributed by atoms with E-state index in [9.17, 15) is 4.79 Å². The lowest BCUT2D eigenvalue weighted by atomic mass is 9.63. The Kier molecular flexibility index (Phi) is 3.00. The largest absolute Gasteiger partial charge is 0.462 e. The van der Waals surface area contributed by atoms with E-state index < -0.39 is 6.29 Å². The molecule has 0 N–H and O–H groups in total. The molecule has 2 unspecified atom stereocenters. The maximum Gasteiger partial charge on any atom is 0.305 e. The maximum atomic E-state index is 11.4. The Bertz CT molecular complexity index is 488. The molecule has 0 saturated heterocycles. The van der Waals surface area contributed by atoms with Gasteiger partial charge in [0.1, 0.15) is 0 Å². The molecule has 2 aliphatic carbocycles. The number of fused-ring (bicyclic) bond motifs is 1. The molecule has 20 heavy (non-hydrogen) atoms. The normalized spacial score (nSPS) is 41.2. The SMILES string of the molecule is CC(=O)OC1OC=CC12C[C@H]1C=C(C)CC[C@H]1C2(C)C. The van der Waals surface area contributed by atoms with Crippen LogP contribution in [0.25, 0.3) is 0 Å². The topological polar surface area (TPSA) is 35.5 Å². The van der Waals surface area contributed by atoms with Gasteiger partial charge in [0, 0.05) is 6.92 Å². The number of hydrogen-bond donors (Lipinski definition) is 0. The van der Waals surface area contributed by atoms with E-state index >= 15 is 0 Å². The van der Waals surface area contributed by atoms with E-state index in [1.165, 1.54) is 25.3 Å². The molecule has 3 heteroatoms. The summed E-state index contributed by atoms with van der Waals surface area (Å²) in [5.41, 5.74) is 1.38. The van der Waals surface area contributed by atoms with Gasteiger partial charge >= 0.3 is 5.97 Å². The summed E-state index contributed by atoms with van der Waals surface area (Å²) in [7, 11) is 0. The molecule has 3 rings (SSSR count). The molecule has 0 aromatic carbocycles. The number of rotatable bonds is 1. The van der Waals surface area contributed by atoms with Gasteiger partial charge < -0.3 is 9.47 Å². The number of carbonyl (C=O) groups excluding carboxylic acids is 1. The van der Waals surface area contributed by atoms with E-state index in [4.69, 9.17) is 9.47 Å². The Labute approximate surface area is 121 Å². The van der Waals surface area contributed by atoms with Crippen LogP contribution in [0.3, 0.4) is 0 Å². The summed E-state index contributed by atoms with van der Waals surface area (Å²) in [6.45, 7) is 8.29. The van der Waals surface area contributed by atoms with Crippen LogP contribution in [0.15, 0.2) is 24.0 Å². The lowest BCUT2D eigenvalue weighted by Gasteiger charge is -2.43. The highest BCUT2D eigenvalue weighted by Gasteiger charge is 2.64. The van der Waals surface area contributed by atoms with Gasteiger partial charge in [-0.1, -0.05) is 25.5 Å². The molecule has 1 heterocycles. The number of hydrogen-bond acceptors (Lipinski definition) is 3. The summed E-state index contributed by atoms with van der Waals surface area (Å²) < 4.78 is 11.1. The van der Waals surface area contributed by atoms with Crippen molar-refractivity contribution in [3.63, 3.8) is 0 Å². The first-order valence-electron chi connectivity index (χ1n) is 7.54. The minimum atomic E-state index is -0.464. The molecule has 1 spiro atoms. The average Bonchev–Trinajstić information content (AvgIpc) is 2.81. The summed E-state index contributed by atoms with van der Waals surface area (Å²) in [6, 6.07) is 0.